The van der Waals surface area contributed by atoms with Crippen LogP contribution < -0.4 is 4.74 Å². The number of hydrogen-bond donors (Lipinski definition) is 1. The lowest BCUT2D eigenvalue weighted by molar-refractivity contribution is 0.0691. The molecule has 0 atom stereocenters. The quantitative estimate of drug-likeness (QED) is 0.802. The molecule has 0 radical (unpaired) electrons. The van der Waals surface area contributed by atoms with Crippen LogP contribution in [0.1, 0.15) is 23.2 Å². The van der Waals surface area contributed by atoms with Crippen molar-refractivity contribution in [3.05, 3.63) is 22.8 Å². The van der Waals surface area contributed by atoms with Gasteiger partial charge in [0.05, 0.1) is 6.61 Å². The van der Waals surface area contributed by atoms with Gasteiger partial charge < -0.3 is 9.84 Å². The van der Waals surface area contributed by atoms with Crippen molar-refractivity contribution in [1.29, 1.82) is 0 Å². The summed E-state index contributed by atoms with van der Waals surface area (Å²) in [6, 6.07) is 2.84. The van der Waals surface area contributed by atoms with Gasteiger partial charge in [0, 0.05) is 0 Å². The molecular formula is C10H10ClNO3. The largest absolute Gasteiger partial charge is 0.477 e. The molecule has 0 spiro atoms. The number of halogens is 1. The highest BCUT2D eigenvalue weighted by atomic mass is 35.5. The lowest BCUT2D eigenvalue weighted by Crippen LogP contribution is -2.07. The molecule has 2 rings (SSSR count). The van der Waals surface area contributed by atoms with Crippen LogP contribution in [0, 0.1) is 5.92 Å². The summed E-state index contributed by atoms with van der Waals surface area (Å²) in [6.07, 6.45) is 2.28. The van der Waals surface area contributed by atoms with E-state index in [9.17, 15) is 4.79 Å². The van der Waals surface area contributed by atoms with Crippen LogP contribution in [0.4, 0.5) is 0 Å². The molecule has 1 aliphatic rings. The van der Waals surface area contributed by atoms with Gasteiger partial charge in [0.25, 0.3) is 0 Å². The van der Waals surface area contributed by atoms with Crippen LogP contribution in [0.25, 0.3) is 0 Å². The number of carboxylic acids is 1. The molecule has 0 saturated heterocycles. The van der Waals surface area contributed by atoms with Crippen LogP contribution >= 0.6 is 11.6 Å². The Labute approximate surface area is 91.8 Å². The van der Waals surface area contributed by atoms with Crippen LogP contribution in [-0.2, 0) is 0 Å². The number of hydrogen-bond acceptors (Lipinski definition) is 3. The number of carboxylic acid groups (broad SMARTS) is 1. The van der Waals surface area contributed by atoms with E-state index in [1.165, 1.54) is 12.1 Å². The average molecular weight is 228 g/mol. The lowest BCUT2D eigenvalue weighted by Gasteiger charge is -2.07. The van der Waals surface area contributed by atoms with Crippen molar-refractivity contribution in [2.45, 2.75) is 12.8 Å². The van der Waals surface area contributed by atoms with E-state index in [-0.39, 0.29) is 16.6 Å². The van der Waals surface area contributed by atoms with Gasteiger partial charge in [-0.2, -0.15) is 0 Å². The Morgan fingerprint density at radius 1 is 1.60 bits per heavy atom. The third-order valence-electron chi connectivity index (χ3n) is 2.21. The number of aromatic nitrogens is 1. The molecule has 1 fully saturated rings. The van der Waals surface area contributed by atoms with E-state index in [2.05, 4.69) is 4.98 Å². The Bertz CT molecular complexity index is 390. The standard InChI is InChI=1S/C10H10ClNO3/c11-8-4-3-7(10(13)14)9(12-8)15-5-6-1-2-6/h3-4,6H,1-2,5H2,(H,13,14). The Hall–Kier alpha value is -1.29. The van der Waals surface area contributed by atoms with E-state index >= 15 is 0 Å². The topological polar surface area (TPSA) is 59.4 Å². The molecular weight excluding hydrogens is 218 g/mol. The summed E-state index contributed by atoms with van der Waals surface area (Å²) >= 11 is 5.67. The second-order valence-electron chi connectivity index (χ2n) is 3.55. The fraction of sp³-hybridized carbons (Fsp3) is 0.400. The van der Waals surface area contributed by atoms with Crippen LogP contribution in [0.3, 0.4) is 0 Å². The first kappa shape index (κ1) is 10.2. The molecule has 0 aromatic carbocycles. The first-order valence-electron chi connectivity index (χ1n) is 4.69. The zero-order valence-corrected chi connectivity index (χ0v) is 8.70. The molecule has 0 bridgehead atoms. The maximum atomic E-state index is 10.8. The van der Waals surface area contributed by atoms with Gasteiger partial charge in [-0.3, -0.25) is 0 Å². The van der Waals surface area contributed by atoms with E-state index in [1.807, 2.05) is 0 Å². The van der Waals surface area contributed by atoms with Crippen LogP contribution in [0.5, 0.6) is 5.88 Å². The van der Waals surface area contributed by atoms with Gasteiger partial charge in [0.15, 0.2) is 0 Å². The summed E-state index contributed by atoms with van der Waals surface area (Å²) in [5.74, 6) is -0.390. The molecule has 1 aromatic heterocycles. The van der Waals surface area contributed by atoms with Crippen molar-refractivity contribution < 1.29 is 14.6 Å². The molecule has 1 aromatic rings. The molecule has 5 heteroatoms. The van der Waals surface area contributed by atoms with Crippen molar-refractivity contribution >= 4 is 17.6 Å². The molecule has 0 amide bonds. The van der Waals surface area contributed by atoms with Gasteiger partial charge in [-0.05, 0) is 30.9 Å². The number of rotatable bonds is 4. The second-order valence-corrected chi connectivity index (χ2v) is 3.93. The lowest BCUT2D eigenvalue weighted by atomic mass is 10.3. The first-order valence-corrected chi connectivity index (χ1v) is 5.07. The van der Waals surface area contributed by atoms with Gasteiger partial charge in [0.1, 0.15) is 10.7 Å². The SMILES string of the molecule is O=C(O)c1ccc(Cl)nc1OCC1CC1. The number of aromatic carboxylic acids is 1. The smallest absolute Gasteiger partial charge is 0.341 e. The molecule has 1 N–H and O–H groups in total. The fourth-order valence-corrected chi connectivity index (χ4v) is 1.31. The summed E-state index contributed by atoms with van der Waals surface area (Å²) in [6.45, 7) is 0.521. The molecule has 80 valence electrons. The summed E-state index contributed by atoms with van der Waals surface area (Å²) in [5.41, 5.74) is 0.0556. The van der Waals surface area contributed by atoms with Crippen molar-refractivity contribution in [2.75, 3.05) is 6.61 Å². The average Bonchev–Trinajstić information content (AvgIpc) is 2.97. The van der Waals surface area contributed by atoms with Crippen molar-refractivity contribution in [3.63, 3.8) is 0 Å². The summed E-state index contributed by atoms with van der Waals surface area (Å²) in [4.78, 5) is 14.7. The number of pyridine rings is 1. The maximum Gasteiger partial charge on any atom is 0.341 e. The highest BCUT2D eigenvalue weighted by molar-refractivity contribution is 6.29. The van der Waals surface area contributed by atoms with Crippen molar-refractivity contribution in [1.82, 2.24) is 4.98 Å². The zero-order valence-electron chi connectivity index (χ0n) is 7.94. The molecule has 1 saturated carbocycles. The Kier molecular flexibility index (Phi) is 2.77. The van der Waals surface area contributed by atoms with Crippen LogP contribution in [0.15, 0.2) is 12.1 Å². The fourth-order valence-electron chi connectivity index (χ4n) is 1.17. The highest BCUT2D eigenvalue weighted by Crippen LogP contribution is 2.30. The number of nitrogens with zero attached hydrogens (tertiary/aromatic N) is 1. The summed E-state index contributed by atoms with van der Waals surface area (Å²) < 4.78 is 5.33. The number of carbonyl (C=O) groups is 1. The highest BCUT2D eigenvalue weighted by Gasteiger charge is 2.23. The minimum Gasteiger partial charge on any atom is -0.477 e. The Morgan fingerprint density at radius 3 is 2.93 bits per heavy atom. The van der Waals surface area contributed by atoms with Crippen LogP contribution in [0.2, 0.25) is 5.15 Å². The summed E-state index contributed by atoms with van der Waals surface area (Å²) in [7, 11) is 0. The Morgan fingerprint density at radius 2 is 2.33 bits per heavy atom. The van der Waals surface area contributed by atoms with E-state index in [0.717, 1.165) is 12.8 Å². The minimum atomic E-state index is -1.05. The molecule has 15 heavy (non-hydrogen) atoms. The molecule has 0 aliphatic heterocycles. The maximum absolute atomic E-state index is 10.8. The normalized spacial score (nSPS) is 15.0. The second kappa shape index (κ2) is 4.06. The van der Waals surface area contributed by atoms with Crippen molar-refractivity contribution in [3.8, 4) is 5.88 Å². The minimum absolute atomic E-state index is 0.0556. The molecule has 0 unspecified atom stereocenters. The Balaban J connectivity index is 2.16. The molecule has 1 heterocycles. The monoisotopic (exact) mass is 227 g/mol. The predicted octanol–water partition coefficient (Wildman–Crippen LogP) is 2.22. The van der Waals surface area contributed by atoms with Gasteiger partial charge in [0.2, 0.25) is 5.88 Å². The number of ether oxygens (including phenoxy) is 1. The van der Waals surface area contributed by atoms with E-state index < -0.39 is 5.97 Å². The van der Waals surface area contributed by atoms with Gasteiger partial charge in [-0.25, -0.2) is 9.78 Å². The first-order chi connectivity index (χ1) is 7.16. The third-order valence-corrected chi connectivity index (χ3v) is 2.42. The van der Waals surface area contributed by atoms with Gasteiger partial charge >= 0.3 is 5.97 Å². The van der Waals surface area contributed by atoms with E-state index in [0.29, 0.717) is 12.5 Å². The van der Waals surface area contributed by atoms with E-state index in [1.54, 1.807) is 0 Å². The van der Waals surface area contributed by atoms with Gasteiger partial charge in [-0.1, -0.05) is 11.6 Å². The predicted molar refractivity (Wildman–Crippen MR) is 54.4 cm³/mol. The van der Waals surface area contributed by atoms with E-state index in [4.69, 9.17) is 21.4 Å². The molecule has 4 nitrogen and oxygen atoms in total. The van der Waals surface area contributed by atoms with Crippen LogP contribution in [-0.4, -0.2) is 22.7 Å². The third kappa shape index (κ3) is 2.59. The summed E-state index contributed by atoms with van der Waals surface area (Å²) in [5, 5.41) is 9.12. The van der Waals surface area contributed by atoms with Gasteiger partial charge in [-0.15, -0.1) is 0 Å². The zero-order chi connectivity index (χ0) is 10.8. The van der Waals surface area contributed by atoms with Crippen molar-refractivity contribution in [2.24, 2.45) is 5.92 Å². The molecule has 1 aliphatic carbocycles.